The highest BCUT2D eigenvalue weighted by atomic mass is 32.1. The van der Waals surface area contributed by atoms with E-state index in [9.17, 15) is 4.79 Å². The lowest BCUT2D eigenvalue weighted by molar-refractivity contribution is 0.0526. The summed E-state index contributed by atoms with van der Waals surface area (Å²) in [4.78, 5) is 20.0. The van der Waals surface area contributed by atoms with Crippen molar-refractivity contribution < 1.29 is 19.0 Å². The molecule has 10 heteroatoms. The number of carbonyl (C=O) groups is 1. The van der Waals surface area contributed by atoms with E-state index >= 15 is 0 Å². The van der Waals surface area contributed by atoms with Gasteiger partial charge in [0.25, 0.3) is 0 Å². The standard InChI is InChI=1S/C19H19N5O4S/c1-3-27-18(25)13-6-7-21-17(9-13)28-14-5-4-12(8-15(14)26-2)10-22-24-19-23-16(20)11-29-19/h4-11H,3,20H2,1-2H3,(H,23,24). The van der Waals surface area contributed by atoms with Crippen LogP contribution < -0.4 is 20.6 Å². The maximum absolute atomic E-state index is 11.9. The average Bonchev–Trinajstić information content (AvgIpc) is 3.14. The fourth-order valence-electron chi connectivity index (χ4n) is 2.27. The number of nitrogen functional groups attached to an aromatic ring is 1. The summed E-state index contributed by atoms with van der Waals surface area (Å²) in [5, 5.41) is 6.44. The number of hydrogen-bond donors (Lipinski definition) is 2. The molecule has 150 valence electrons. The first-order valence-electron chi connectivity index (χ1n) is 8.58. The second-order valence-electron chi connectivity index (χ2n) is 5.56. The fourth-order valence-corrected chi connectivity index (χ4v) is 2.82. The van der Waals surface area contributed by atoms with Crippen LogP contribution in [-0.4, -0.2) is 35.9 Å². The Balaban J connectivity index is 1.72. The van der Waals surface area contributed by atoms with Crippen molar-refractivity contribution >= 4 is 34.5 Å². The minimum Gasteiger partial charge on any atom is -0.493 e. The summed E-state index contributed by atoms with van der Waals surface area (Å²) < 4.78 is 16.2. The highest BCUT2D eigenvalue weighted by molar-refractivity contribution is 7.14. The molecule has 3 aromatic rings. The first-order valence-corrected chi connectivity index (χ1v) is 9.46. The van der Waals surface area contributed by atoms with Crippen molar-refractivity contribution in [2.75, 3.05) is 24.9 Å². The Hall–Kier alpha value is -3.66. The zero-order valence-electron chi connectivity index (χ0n) is 15.8. The smallest absolute Gasteiger partial charge is 0.338 e. The van der Waals surface area contributed by atoms with Crippen LogP contribution in [0.1, 0.15) is 22.8 Å². The summed E-state index contributed by atoms with van der Waals surface area (Å²) in [6.07, 6.45) is 3.09. The van der Waals surface area contributed by atoms with Crippen LogP contribution in [-0.2, 0) is 4.74 Å². The molecule has 1 aromatic carbocycles. The Kier molecular flexibility index (Phi) is 6.59. The molecule has 0 spiro atoms. The van der Waals surface area contributed by atoms with Gasteiger partial charge in [-0.15, -0.1) is 11.3 Å². The van der Waals surface area contributed by atoms with Crippen molar-refractivity contribution in [1.29, 1.82) is 0 Å². The Morgan fingerprint density at radius 1 is 1.31 bits per heavy atom. The van der Waals surface area contributed by atoms with Gasteiger partial charge in [-0.1, -0.05) is 0 Å². The molecule has 0 saturated heterocycles. The number of nitrogens with one attached hydrogen (secondary N) is 1. The molecule has 9 nitrogen and oxygen atoms in total. The van der Waals surface area contributed by atoms with Gasteiger partial charge in [0, 0.05) is 17.6 Å². The highest BCUT2D eigenvalue weighted by Crippen LogP contribution is 2.31. The van der Waals surface area contributed by atoms with Gasteiger partial charge in [0.05, 0.1) is 25.5 Å². The number of ether oxygens (including phenoxy) is 3. The van der Waals surface area contributed by atoms with E-state index in [1.54, 1.807) is 42.8 Å². The first-order chi connectivity index (χ1) is 14.1. The molecule has 0 aliphatic heterocycles. The number of hydrazone groups is 1. The average molecular weight is 413 g/mol. The molecule has 0 saturated carbocycles. The molecule has 0 radical (unpaired) electrons. The largest absolute Gasteiger partial charge is 0.493 e. The third-order valence-corrected chi connectivity index (χ3v) is 4.31. The molecule has 29 heavy (non-hydrogen) atoms. The number of benzene rings is 1. The van der Waals surface area contributed by atoms with E-state index in [1.165, 1.54) is 30.7 Å². The lowest BCUT2D eigenvalue weighted by Gasteiger charge is -2.11. The Labute approximate surface area is 171 Å². The molecule has 3 N–H and O–H groups in total. The molecular formula is C19H19N5O4S. The Bertz CT molecular complexity index is 1020. The van der Waals surface area contributed by atoms with Gasteiger partial charge in [-0.2, -0.15) is 5.10 Å². The zero-order chi connectivity index (χ0) is 20.6. The topological polar surface area (TPSA) is 121 Å². The van der Waals surface area contributed by atoms with Crippen LogP contribution in [0, 0.1) is 0 Å². The molecule has 2 heterocycles. The van der Waals surface area contributed by atoms with Crippen molar-refractivity contribution in [2.45, 2.75) is 6.92 Å². The number of nitrogens with zero attached hydrogens (tertiary/aromatic N) is 3. The number of esters is 1. The van der Waals surface area contributed by atoms with E-state index in [2.05, 4.69) is 20.5 Å². The number of aromatic nitrogens is 2. The number of pyridine rings is 1. The molecular weight excluding hydrogens is 394 g/mol. The summed E-state index contributed by atoms with van der Waals surface area (Å²) in [5.41, 5.74) is 9.50. The van der Waals surface area contributed by atoms with Gasteiger partial charge in [0.1, 0.15) is 5.82 Å². The van der Waals surface area contributed by atoms with Crippen LogP contribution in [0.4, 0.5) is 10.9 Å². The van der Waals surface area contributed by atoms with E-state index in [0.29, 0.717) is 34.6 Å². The molecule has 0 atom stereocenters. The molecule has 2 aromatic heterocycles. The number of thiazole rings is 1. The van der Waals surface area contributed by atoms with Gasteiger partial charge in [0.2, 0.25) is 11.0 Å². The SMILES string of the molecule is CCOC(=O)c1ccnc(Oc2ccc(C=NNc3nc(N)cs3)cc2OC)c1. The van der Waals surface area contributed by atoms with E-state index in [4.69, 9.17) is 19.9 Å². The maximum Gasteiger partial charge on any atom is 0.338 e. The molecule has 0 unspecified atom stereocenters. The van der Waals surface area contributed by atoms with Gasteiger partial charge >= 0.3 is 5.97 Å². The van der Waals surface area contributed by atoms with E-state index in [1.807, 2.05) is 0 Å². The van der Waals surface area contributed by atoms with Gasteiger partial charge in [-0.3, -0.25) is 5.43 Å². The van der Waals surface area contributed by atoms with E-state index in [-0.39, 0.29) is 5.88 Å². The lowest BCUT2D eigenvalue weighted by Crippen LogP contribution is -2.05. The molecule has 0 fully saturated rings. The van der Waals surface area contributed by atoms with Crippen molar-refractivity contribution in [1.82, 2.24) is 9.97 Å². The van der Waals surface area contributed by atoms with E-state index in [0.717, 1.165) is 5.56 Å². The van der Waals surface area contributed by atoms with Crippen molar-refractivity contribution in [3.8, 4) is 17.4 Å². The minimum absolute atomic E-state index is 0.248. The minimum atomic E-state index is -0.437. The van der Waals surface area contributed by atoms with Crippen LogP contribution in [0.2, 0.25) is 0 Å². The number of nitrogens with two attached hydrogens (primary N) is 1. The summed E-state index contributed by atoms with van der Waals surface area (Å²) in [5.74, 6) is 1.18. The van der Waals surface area contributed by atoms with Crippen molar-refractivity contribution in [3.63, 3.8) is 0 Å². The summed E-state index contributed by atoms with van der Waals surface area (Å²) in [6.45, 7) is 2.03. The fraction of sp³-hybridized carbons (Fsp3) is 0.158. The molecule has 0 aliphatic carbocycles. The van der Waals surface area contributed by atoms with Crippen molar-refractivity contribution in [3.05, 3.63) is 53.0 Å². The second kappa shape index (κ2) is 9.51. The van der Waals surface area contributed by atoms with Gasteiger partial charge < -0.3 is 19.9 Å². The predicted molar refractivity (Wildman–Crippen MR) is 111 cm³/mol. The van der Waals surface area contributed by atoms with Crippen LogP contribution in [0.5, 0.6) is 17.4 Å². The highest BCUT2D eigenvalue weighted by Gasteiger charge is 2.11. The number of methoxy groups -OCH3 is 1. The number of rotatable bonds is 8. The summed E-state index contributed by atoms with van der Waals surface area (Å²) >= 11 is 1.36. The van der Waals surface area contributed by atoms with Crippen LogP contribution >= 0.6 is 11.3 Å². The van der Waals surface area contributed by atoms with Crippen molar-refractivity contribution in [2.24, 2.45) is 5.10 Å². The molecule has 0 aliphatic rings. The number of hydrogen-bond acceptors (Lipinski definition) is 10. The quantitative estimate of drug-likeness (QED) is 0.327. The monoisotopic (exact) mass is 413 g/mol. The second-order valence-corrected chi connectivity index (χ2v) is 6.42. The normalized spacial score (nSPS) is 10.7. The van der Waals surface area contributed by atoms with Gasteiger partial charge in [-0.25, -0.2) is 14.8 Å². The van der Waals surface area contributed by atoms with Gasteiger partial charge in [0.15, 0.2) is 11.5 Å². The summed E-state index contributed by atoms with van der Waals surface area (Å²) in [6, 6.07) is 8.35. The first kappa shape index (κ1) is 20.1. The molecule has 3 rings (SSSR count). The Morgan fingerprint density at radius 2 is 2.17 bits per heavy atom. The summed E-state index contributed by atoms with van der Waals surface area (Å²) in [7, 11) is 1.53. The Morgan fingerprint density at radius 3 is 2.90 bits per heavy atom. The van der Waals surface area contributed by atoms with E-state index < -0.39 is 5.97 Å². The number of anilines is 2. The van der Waals surface area contributed by atoms with Crippen LogP contribution in [0.3, 0.4) is 0 Å². The van der Waals surface area contributed by atoms with Crippen LogP contribution in [0.15, 0.2) is 47.0 Å². The predicted octanol–water partition coefficient (Wildman–Crippen LogP) is 3.54. The number of carbonyl (C=O) groups excluding carboxylic acids is 1. The van der Waals surface area contributed by atoms with Crippen LogP contribution in [0.25, 0.3) is 0 Å². The lowest BCUT2D eigenvalue weighted by atomic mass is 10.2. The van der Waals surface area contributed by atoms with Gasteiger partial charge in [-0.05, 0) is 36.8 Å². The maximum atomic E-state index is 11.9. The molecule has 0 amide bonds. The zero-order valence-corrected chi connectivity index (χ0v) is 16.6. The molecule has 0 bridgehead atoms. The third kappa shape index (κ3) is 5.42. The third-order valence-electron chi connectivity index (χ3n) is 3.54.